The average molecular weight is 482 g/mol. The van der Waals surface area contributed by atoms with Crippen molar-refractivity contribution >= 4 is 18.2 Å². The molecule has 1 aromatic heterocycles. The lowest BCUT2D eigenvalue weighted by atomic mass is 9.80. The lowest BCUT2D eigenvalue weighted by molar-refractivity contribution is -0.172. The molecule has 7 nitrogen and oxygen atoms in total. The van der Waals surface area contributed by atoms with Crippen LogP contribution in [0.1, 0.15) is 54.7 Å². The molecular formula is C27H28FNO6. The molecule has 2 aromatic rings. The number of aldehydes is 1. The molecule has 0 spiro atoms. The summed E-state index contributed by atoms with van der Waals surface area (Å²) in [6.45, 7) is 7.10. The number of rotatable bonds is 12. The molecule has 0 unspecified atom stereocenters. The van der Waals surface area contributed by atoms with Crippen molar-refractivity contribution in [3.63, 3.8) is 0 Å². The summed E-state index contributed by atoms with van der Waals surface area (Å²) in [6.07, 6.45) is 2.15. The summed E-state index contributed by atoms with van der Waals surface area (Å²) in [5.74, 6) is 2.76. The quantitative estimate of drug-likeness (QED) is 0.146. The molecular weight excluding hydrogens is 453 g/mol. The van der Waals surface area contributed by atoms with E-state index in [1.165, 1.54) is 0 Å². The van der Waals surface area contributed by atoms with E-state index >= 15 is 0 Å². The molecule has 0 radical (unpaired) electrons. The van der Waals surface area contributed by atoms with Gasteiger partial charge in [0.1, 0.15) is 12.3 Å². The molecule has 0 saturated heterocycles. The van der Waals surface area contributed by atoms with E-state index < -0.39 is 23.2 Å². The molecule has 0 amide bonds. The van der Waals surface area contributed by atoms with Gasteiger partial charge in [0.15, 0.2) is 17.5 Å². The van der Waals surface area contributed by atoms with E-state index in [9.17, 15) is 18.8 Å². The summed E-state index contributed by atoms with van der Waals surface area (Å²) in [5.41, 5.74) is -1.01. The summed E-state index contributed by atoms with van der Waals surface area (Å²) in [7, 11) is 0. The van der Waals surface area contributed by atoms with Crippen LogP contribution in [0.4, 0.5) is 4.39 Å². The van der Waals surface area contributed by atoms with E-state index in [1.54, 1.807) is 19.9 Å². The summed E-state index contributed by atoms with van der Waals surface area (Å²) >= 11 is 0. The van der Waals surface area contributed by atoms with Gasteiger partial charge in [-0.2, -0.15) is 0 Å². The van der Waals surface area contributed by atoms with E-state index in [0.717, 1.165) is 11.6 Å². The van der Waals surface area contributed by atoms with Gasteiger partial charge in [-0.3, -0.25) is 14.4 Å². The SMILES string of the molecule is C=CCCC(CC#Cc1nc(OCc2ccccc2)c(F)cc1C=O)(C(=O)OCC)C(=O)OCC. The predicted molar refractivity (Wildman–Crippen MR) is 127 cm³/mol. The molecule has 0 aliphatic carbocycles. The van der Waals surface area contributed by atoms with Crippen molar-refractivity contribution in [2.45, 2.75) is 39.7 Å². The summed E-state index contributed by atoms with van der Waals surface area (Å²) < 4.78 is 30.2. The maximum Gasteiger partial charge on any atom is 0.324 e. The number of nitrogens with zero attached hydrogens (tertiary/aromatic N) is 1. The zero-order chi connectivity index (χ0) is 25.7. The Bertz CT molecular complexity index is 1090. The summed E-state index contributed by atoms with van der Waals surface area (Å²) in [6, 6.07) is 10.1. The van der Waals surface area contributed by atoms with Crippen LogP contribution < -0.4 is 4.74 Å². The van der Waals surface area contributed by atoms with Crippen molar-refractivity contribution < 1.29 is 33.0 Å². The van der Waals surface area contributed by atoms with Crippen molar-refractivity contribution in [2.24, 2.45) is 5.41 Å². The van der Waals surface area contributed by atoms with Crippen LogP contribution in [-0.2, 0) is 25.7 Å². The number of benzene rings is 1. The number of hydrogen-bond donors (Lipinski definition) is 0. The Morgan fingerprint density at radius 3 is 2.37 bits per heavy atom. The molecule has 2 rings (SSSR count). The Morgan fingerprint density at radius 1 is 1.14 bits per heavy atom. The number of hydrogen-bond acceptors (Lipinski definition) is 7. The molecule has 0 N–H and O–H groups in total. The van der Waals surface area contributed by atoms with Crippen LogP contribution in [0.15, 0.2) is 49.1 Å². The lowest BCUT2D eigenvalue weighted by Crippen LogP contribution is -2.42. The first kappa shape index (κ1) is 27.3. The number of ether oxygens (including phenoxy) is 3. The second-order valence-corrected chi connectivity index (χ2v) is 7.43. The molecule has 184 valence electrons. The Kier molecular flexibility index (Phi) is 10.6. The Morgan fingerprint density at radius 2 is 1.80 bits per heavy atom. The second-order valence-electron chi connectivity index (χ2n) is 7.43. The molecule has 1 heterocycles. The molecule has 0 atom stereocenters. The maximum atomic E-state index is 14.4. The third-order valence-corrected chi connectivity index (χ3v) is 5.02. The van der Waals surface area contributed by atoms with E-state index in [1.807, 2.05) is 30.3 Å². The molecule has 0 saturated carbocycles. The third-order valence-electron chi connectivity index (χ3n) is 5.02. The van der Waals surface area contributed by atoms with Gasteiger partial charge in [-0.15, -0.1) is 6.58 Å². The highest BCUT2D eigenvalue weighted by Crippen LogP contribution is 2.32. The van der Waals surface area contributed by atoms with E-state index in [-0.39, 0.29) is 49.8 Å². The monoisotopic (exact) mass is 481 g/mol. The standard InChI is InChI=1S/C27H28FNO6/c1-4-7-15-27(25(31)33-5-2,26(32)34-6-3)16-11-14-23-21(18-30)17-22(28)24(29-23)35-19-20-12-9-8-10-13-20/h4,8-10,12-13,17-18H,1,5-7,15-16,19H2,2-3H3. The smallest absolute Gasteiger partial charge is 0.324 e. The van der Waals surface area contributed by atoms with Gasteiger partial charge in [-0.1, -0.05) is 42.3 Å². The van der Waals surface area contributed by atoms with Gasteiger partial charge >= 0.3 is 11.9 Å². The van der Waals surface area contributed by atoms with Crippen molar-refractivity contribution in [1.82, 2.24) is 4.98 Å². The Labute approximate surface area is 204 Å². The van der Waals surface area contributed by atoms with Crippen LogP contribution in [0.2, 0.25) is 0 Å². The number of pyridine rings is 1. The van der Waals surface area contributed by atoms with Crippen LogP contribution in [0, 0.1) is 23.1 Å². The number of aromatic nitrogens is 1. The van der Waals surface area contributed by atoms with E-state index in [4.69, 9.17) is 14.2 Å². The van der Waals surface area contributed by atoms with Gasteiger partial charge in [0.05, 0.1) is 18.8 Å². The maximum absolute atomic E-state index is 14.4. The molecule has 0 aliphatic rings. The van der Waals surface area contributed by atoms with Crippen LogP contribution in [0.25, 0.3) is 0 Å². The van der Waals surface area contributed by atoms with Gasteiger partial charge in [0.2, 0.25) is 0 Å². The van der Waals surface area contributed by atoms with E-state index in [2.05, 4.69) is 23.4 Å². The minimum atomic E-state index is -1.68. The van der Waals surface area contributed by atoms with Gasteiger partial charge < -0.3 is 14.2 Å². The van der Waals surface area contributed by atoms with Gasteiger partial charge in [0.25, 0.3) is 5.88 Å². The Balaban J connectivity index is 2.39. The van der Waals surface area contributed by atoms with Crippen LogP contribution >= 0.6 is 0 Å². The first-order valence-electron chi connectivity index (χ1n) is 11.2. The van der Waals surface area contributed by atoms with Gasteiger partial charge in [0, 0.05) is 6.42 Å². The zero-order valence-corrected chi connectivity index (χ0v) is 19.8. The average Bonchev–Trinajstić information content (AvgIpc) is 2.86. The minimum Gasteiger partial charge on any atom is -0.471 e. The highest BCUT2D eigenvalue weighted by atomic mass is 19.1. The fourth-order valence-electron chi connectivity index (χ4n) is 3.19. The highest BCUT2D eigenvalue weighted by Gasteiger charge is 2.47. The molecule has 35 heavy (non-hydrogen) atoms. The zero-order valence-electron chi connectivity index (χ0n) is 19.8. The van der Waals surface area contributed by atoms with Crippen LogP contribution in [-0.4, -0.2) is 36.4 Å². The number of halogens is 1. The second kappa shape index (κ2) is 13.7. The molecule has 0 bridgehead atoms. The van der Waals surface area contributed by atoms with Crippen molar-refractivity contribution in [1.29, 1.82) is 0 Å². The number of carbonyl (C=O) groups is 3. The van der Waals surface area contributed by atoms with Crippen molar-refractivity contribution in [3.05, 3.63) is 71.7 Å². The largest absolute Gasteiger partial charge is 0.471 e. The molecule has 1 aromatic carbocycles. The predicted octanol–water partition coefficient (Wildman–Crippen LogP) is 4.43. The molecule has 8 heteroatoms. The summed E-state index contributed by atoms with van der Waals surface area (Å²) in [5, 5.41) is 0. The lowest BCUT2D eigenvalue weighted by Gasteiger charge is -2.27. The van der Waals surface area contributed by atoms with Gasteiger partial charge in [-0.25, -0.2) is 9.37 Å². The number of esters is 2. The fourth-order valence-corrected chi connectivity index (χ4v) is 3.19. The van der Waals surface area contributed by atoms with Crippen molar-refractivity contribution in [2.75, 3.05) is 13.2 Å². The third kappa shape index (κ3) is 7.24. The topological polar surface area (TPSA) is 91.8 Å². The molecule has 0 aliphatic heterocycles. The van der Waals surface area contributed by atoms with Gasteiger partial charge in [-0.05, 0) is 44.2 Å². The minimum absolute atomic E-state index is 0.0465. The van der Waals surface area contributed by atoms with Crippen LogP contribution in [0.3, 0.4) is 0 Å². The number of allylic oxidation sites excluding steroid dienone is 1. The molecule has 0 fully saturated rings. The van der Waals surface area contributed by atoms with Crippen LogP contribution in [0.5, 0.6) is 5.88 Å². The first-order chi connectivity index (χ1) is 16.9. The Hall–Kier alpha value is -3.99. The fraction of sp³-hybridized carbons (Fsp3) is 0.333. The first-order valence-corrected chi connectivity index (χ1v) is 11.2. The van der Waals surface area contributed by atoms with Crippen molar-refractivity contribution in [3.8, 4) is 17.7 Å². The van der Waals surface area contributed by atoms with E-state index in [0.29, 0.717) is 12.7 Å². The number of carbonyl (C=O) groups excluding carboxylic acids is 3. The summed E-state index contributed by atoms with van der Waals surface area (Å²) in [4.78, 5) is 41.1. The normalized spacial score (nSPS) is 10.5. The highest BCUT2D eigenvalue weighted by molar-refractivity contribution is 6.00.